The number of nitrogens with two attached hydrogens (primary N) is 1. The third-order valence-electron chi connectivity index (χ3n) is 9.00. The number of amides is 1. The summed E-state index contributed by atoms with van der Waals surface area (Å²) >= 11 is 1.57. The Morgan fingerprint density at radius 3 is 2.45 bits per heavy atom. The van der Waals surface area contributed by atoms with Crippen LogP contribution in [-0.4, -0.2) is 68.5 Å². The van der Waals surface area contributed by atoms with E-state index in [0.29, 0.717) is 12.1 Å². The lowest BCUT2D eigenvalue weighted by Gasteiger charge is -2.50. The first kappa shape index (κ1) is 29.8. The zero-order valence-electron chi connectivity index (χ0n) is 24.2. The molecule has 1 fully saturated rings. The Labute approximate surface area is 257 Å². The maximum atomic E-state index is 14.0. The first-order chi connectivity index (χ1) is 20.9. The molecule has 1 heterocycles. The molecule has 4 unspecified atom stereocenters. The van der Waals surface area contributed by atoms with Crippen molar-refractivity contribution in [2.24, 2.45) is 17.6 Å². The van der Waals surface area contributed by atoms with Gasteiger partial charge in [0, 0.05) is 34.3 Å². The number of nitrogens with zero attached hydrogens (tertiary/aromatic N) is 1. The molecule has 11 heteroatoms. The number of likely N-dealkylation sites (N-methyl/N-ethyl adjacent to an activating group) is 1. The van der Waals surface area contributed by atoms with Crippen molar-refractivity contribution in [1.82, 2.24) is 10.2 Å². The van der Waals surface area contributed by atoms with Crippen LogP contribution in [0.5, 0.6) is 5.75 Å². The lowest BCUT2D eigenvalue weighted by Crippen LogP contribution is -2.65. The molecule has 0 saturated heterocycles. The lowest BCUT2D eigenvalue weighted by atomic mass is 9.57. The van der Waals surface area contributed by atoms with Crippen LogP contribution in [0.3, 0.4) is 0 Å². The van der Waals surface area contributed by atoms with Gasteiger partial charge < -0.3 is 31.5 Å². The van der Waals surface area contributed by atoms with E-state index in [0.717, 1.165) is 21.9 Å². The lowest BCUT2D eigenvalue weighted by molar-refractivity contribution is -0.153. The molecule has 0 radical (unpaired) electrons. The Morgan fingerprint density at radius 2 is 1.77 bits per heavy atom. The zero-order valence-corrected chi connectivity index (χ0v) is 25.0. The molecule has 44 heavy (non-hydrogen) atoms. The fraction of sp³-hybridized carbons (Fsp3) is 0.303. The Morgan fingerprint density at radius 1 is 1.05 bits per heavy atom. The van der Waals surface area contributed by atoms with E-state index in [2.05, 4.69) is 17.4 Å². The van der Waals surface area contributed by atoms with E-state index in [4.69, 9.17) is 5.73 Å². The number of fused-ring (bicyclic) bond motifs is 3. The first-order valence-corrected chi connectivity index (χ1v) is 15.1. The topological polar surface area (TPSA) is 173 Å². The summed E-state index contributed by atoms with van der Waals surface area (Å²) in [5.74, 6) is -6.65. The highest BCUT2D eigenvalue weighted by Gasteiger charge is 2.64. The summed E-state index contributed by atoms with van der Waals surface area (Å²) in [6.07, 6.45) is 0.276. The molecule has 3 aliphatic carbocycles. The Hall–Kier alpha value is -4.29. The van der Waals surface area contributed by atoms with Crippen LogP contribution in [0.25, 0.3) is 16.2 Å². The first-order valence-electron chi connectivity index (χ1n) is 14.3. The monoisotopic (exact) mass is 615 g/mol. The summed E-state index contributed by atoms with van der Waals surface area (Å²) in [7, 11) is 3.15. The molecule has 1 saturated carbocycles. The van der Waals surface area contributed by atoms with Gasteiger partial charge in [0.25, 0.3) is 5.91 Å². The Kier molecular flexibility index (Phi) is 7.45. The van der Waals surface area contributed by atoms with Crippen molar-refractivity contribution in [3.63, 3.8) is 0 Å². The van der Waals surface area contributed by atoms with E-state index in [1.165, 1.54) is 16.5 Å². The largest absolute Gasteiger partial charge is 0.508 e. The minimum Gasteiger partial charge on any atom is -0.508 e. The van der Waals surface area contributed by atoms with Gasteiger partial charge in [-0.15, -0.1) is 11.3 Å². The Bertz CT molecular complexity index is 1760. The van der Waals surface area contributed by atoms with Gasteiger partial charge in [-0.05, 0) is 73.8 Å². The summed E-state index contributed by atoms with van der Waals surface area (Å²) in [4.78, 5) is 43.0. The van der Waals surface area contributed by atoms with Gasteiger partial charge in [-0.3, -0.25) is 19.3 Å². The zero-order chi connectivity index (χ0) is 31.5. The number of rotatable bonds is 7. The molecule has 6 rings (SSSR count). The number of carbonyl (C=O) groups excluding carboxylic acids is 3. The summed E-state index contributed by atoms with van der Waals surface area (Å²) in [6.45, 7) is 1.37. The molecule has 2 aromatic carbocycles. The van der Waals surface area contributed by atoms with Crippen molar-refractivity contribution in [1.29, 1.82) is 0 Å². The number of ketones is 2. The number of primary amides is 1. The molecular formula is C33H33N3O7S. The van der Waals surface area contributed by atoms with Gasteiger partial charge in [-0.1, -0.05) is 30.3 Å². The maximum Gasteiger partial charge on any atom is 0.255 e. The average Bonchev–Trinajstić information content (AvgIpc) is 3.44. The van der Waals surface area contributed by atoms with Crippen LogP contribution in [0.1, 0.15) is 28.0 Å². The van der Waals surface area contributed by atoms with Gasteiger partial charge in [0.15, 0.2) is 11.4 Å². The smallest absolute Gasteiger partial charge is 0.255 e. The molecule has 1 amide bonds. The fourth-order valence-electron chi connectivity index (χ4n) is 7.02. The van der Waals surface area contributed by atoms with Gasteiger partial charge in [0.1, 0.15) is 22.8 Å². The number of aliphatic hydroxyl groups is 3. The van der Waals surface area contributed by atoms with Gasteiger partial charge in [-0.2, -0.15) is 0 Å². The number of phenols is 1. The van der Waals surface area contributed by atoms with Crippen LogP contribution in [-0.2, 0) is 33.9 Å². The molecule has 10 nitrogen and oxygen atoms in total. The van der Waals surface area contributed by atoms with Crippen molar-refractivity contribution >= 4 is 34.6 Å². The average molecular weight is 616 g/mol. The second-order valence-electron chi connectivity index (χ2n) is 11.8. The van der Waals surface area contributed by atoms with Crippen molar-refractivity contribution in [2.45, 2.75) is 37.6 Å². The van der Waals surface area contributed by atoms with Crippen molar-refractivity contribution in [2.75, 3.05) is 14.1 Å². The third-order valence-corrected chi connectivity index (χ3v) is 10.1. The van der Waals surface area contributed by atoms with Crippen LogP contribution in [0.2, 0.25) is 0 Å². The van der Waals surface area contributed by atoms with Gasteiger partial charge in [0.05, 0.1) is 11.6 Å². The quantitative estimate of drug-likeness (QED) is 0.219. The SMILES string of the molecule is CN(C)C1C(=O)C(C(N)=O)=C(O)C2(O)C(=O)C3=C(O)c4c(O)ccc(-c5ccc(CNCc6ccccc6)s5)c4CC3CC12. The summed E-state index contributed by atoms with van der Waals surface area (Å²) in [5.41, 5.74) is 4.42. The molecule has 0 aliphatic heterocycles. The third kappa shape index (κ3) is 4.55. The van der Waals surface area contributed by atoms with Gasteiger partial charge in [-0.25, -0.2) is 0 Å². The summed E-state index contributed by atoms with van der Waals surface area (Å²) in [5, 5.41) is 48.6. The van der Waals surface area contributed by atoms with Crippen LogP contribution < -0.4 is 11.1 Å². The number of aromatic hydroxyl groups is 1. The normalized spacial score (nSPS) is 24.8. The fourth-order valence-corrected chi connectivity index (χ4v) is 8.05. The van der Waals surface area contributed by atoms with Gasteiger partial charge in [0.2, 0.25) is 5.78 Å². The number of carbonyl (C=O) groups is 3. The summed E-state index contributed by atoms with van der Waals surface area (Å²) in [6, 6.07) is 16.2. The molecule has 7 N–H and O–H groups in total. The molecule has 1 aromatic heterocycles. The van der Waals surface area contributed by atoms with Gasteiger partial charge >= 0.3 is 0 Å². The molecule has 0 bridgehead atoms. The molecule has 3 aromatic rings. The van der Waals surface area contributed by atoms with E-state index in [1.807, 2.05) is 30.3 Å². The van der Waals surface area contributed by atoms with E-state index < -0.39 is 58.0 Å². The number of Topliss-reactive ketones (excluding diaryl/α,β-unsaturated/α-hetero) is 2. The van der Waals surface area contributed by atoms with Crippen LogP contribution in [0, 0.1) is 11.8 Å². The second kappa shape index (κ2) is 11.0. The molecule has 228 valence electrons. The molecule has 3 aliphatic rings. The van der Waals surface area contributed by atoms with E-state index in [9.17, 15) is 34.8 Å². The standard InChI is InChI=1S/C33H33N3O7S/c1-36(2)27-21-13-17-12-20-19(23-11-8-18(44-23)15-35-14-16-6-4-3-5-7-16)9-10-22(37)25(20)28(38)24(17)30(40)33(21,43)31(41)26(29(27)39)32(34)42/h3-11,17,21,27,35,37-38,41,43H,12-15H2,1-2H3,(H2,34,42). The Balaban J connectivity index is 1.38. The summed E-state index contributed by atoms with van der Waals surface area (Å²) < 4.78 is 0. The molecule has 0 spiro atoms. The van der Waals surface area contributed by atoms with E-state index >= 15 is 0 Å². The highest BCUT2D eigenvalue weighted by Crippen LogP contribution is 2.53. The highest BCUT2D eigenvalue weighted by atomic mass is 32.1. The minimum atomic E-state index is -2.66. The number of benzene rings is 2. The number of aliphatic hydroxyl groups excluding tert-OH is 2. The second-order valence-corrected chi connectivity index (χ2v) is 13.0. The number of thiophene rings is 1. The molecular weight excluding hydrogens is 582 g/mol. The highest BCUT2D eigenvalue weighted by molar-refractivity contribution is 7.15. The number of phenolic OH excluding ortho intramolecular Hbond substituents is 1. The maximum absolute atomic E-state index is 14.0. The van der Waals surface area contributed by atoms with Crippen molar-refractivity contribution in [3.8, 4) is 16.2 Å². The predicted octanol–water partition coefficient (Wildman–Crippen LogP) is 2.98. The van der Waals surface area contributed by atoms with Crippen LogP contribution in [0.15, 0.2) is 71.5 Å². The minimum absolute atomic E-state index is 0.0416. The predicted molar refractivity (Wildman–Crippen MR) is 165 cm³/mol. The number of nitrogens with one attached hydrogen (secondary N) is 1. The van der Waals surface area contributed by atoms with E-state index in [-0.39, 0.29) is 29.7 Å². The number of hydrogen-bond acceptors (Lipinski definition) is 10. The van der Waals surface area contributed by atoms with Crippen LogP contribution in [0.4, 0.5) is 0 Å². The number of hydrogen-bond donors (Lipinski definition) is 6. The van der Waals surface area contributed by atoms with Crippen molar-refractivity contribution in [3.05, 3.63) is 93.1 Å². The van der Waals surface area contributed by atoms with E-state index in [1.54, 1.807) is 31.5 Å². The molecule has 4 atom stereocenters. The van der Waals surface area contributed by atoms with Crippen LogP contribution >= 0.6 is 11.3 Å². The van der Waals surface area contributed by atoms with Crippen molar-refractivity contribution < 1.29 is 34.8 Å².